The number of nitrogens with one attached hydrogen (secondary N) is 2. The van der Waals surface area contributed by atoms with Crippen LogP contribution in [0.2, 0.25) is 0 Å². The molecule has 0 saturated heterocycles. The summed E-state index contributed by atoms with van der Waals surface area (Å²) in [7, 11) is 4.11. The van der Waals surface area contributed by atoms with Gasteiger partial charge in [-0.1, -0.05) is 0 Å². The molecule has 3 aromatic rings. The Bertz CT molecular complexity index is 1230. The molecular formula is C25H31ClN6O2. The van der Waals surface area contributed by atoms with E-state index >= 15 is 0 Å². The van der Waals surface area contributed by atoms with Crippen LogP contribution in [-0.2, 0) is 30.6 Å². The number of anilines is 1. The van der Waals surface area contributed by atoms with E-state index < -0.39 is 0 Å². The zero-order chi connectivity index (χ0) is 23.7. The number of halogens is 1. The number of aryl methyl sites for hydroxylation is 1. The van der Waals surface area contributed by atoms with Crippen molar-refractivity contribution < 1.29 is 9.90 Å². The molecule has 0 saturated carbocycles. The predicted molar refractivity (Wildman–Crippen MR) is 136 cm³/mol. The number of hydrogen-bond acceptors (Lipinski definition) is 5. The minimum Gasteiger partial charge on any atom is -0.508 e. The average Bonchev–Trinajstić information content (AvgIpc) is 3.33. The van der Waals surface area contributed by atoms with Crippen LogP contribution in [0.3, 0.4) is 0 Å². The highest BCUT2D eigenvalue weighted by atomic mass is 35.5. The predicted octanol–water partition coefficient (Wildman–Crippen LogP) is 3.32. The first kappa shape index (κ1) is 25.3. The summed E-state index contributed by atoms with van der Waals surface area (Å²) in [5.74, 6) is -0.365. The normalized spacial score (nSPS) is 12.4. The van der Waals surface area contributed by atoms with Crippen molar-refractivity contribution in [3.05, 3.63) is 70.0 Å². The molecule has 0 spiro atoms. The highest BCUT2D eigenvalue weighted by molar-refractivity contribution is 5.96. The number of aromatic hydroxyl groups is 1. The molecular weight excluding hydrogens is 452 g/mol. The second kappa shape index (κ2) is 10.3. The van der Waals surface area contributed by atoms with E-state index in [1.54, 1.807) is 12.1 Å². The van der Waals surface area contributed by atoms with Crippen molar-refractivity contribution in [3.8, 4) is 11.4 Å². The zero-order valence-corrected chi connectivity index (χ0v) is 20.5. The fourth-order valence-electron chi connectivity index (χ4n) is 4.38. The molecule has 0 fully saturated rings. The van der Waals surface area contributed by atoms with Crippen molar-refractivity contribution in [2.75, 3.05) is 19.4 Å². The van der Waals surface area contributed by atoms with Gasteiger partial charge in [0.15, 0.2) is 0 Å². The first-order valence-electron chi connectivity index (χ1n) is 11.0. The summed E-state index contributed by atoms with van der Waals surface area (Å²) in [5.41, 5.74) is 12.9. The van der Waals surface area contributed by atoms with Gasteiger partial charge in [0.05, 0.1) is 17.8 Å². The number of carbonyl (C=O) groups excluding carboxylic acids is 1. The number of phenolic OH excluding ortho intramolecular Hbond substituents is 1. The summed E-state index contributed by atoms with van der Waals surface area (Å²) in [4.78, 5) is 14.8. The SMILES string of the molecule is Cc1cc(NC(=O)Cc2cc(C(=N)N)ccc2O)ccc1-n1nc(CN(C)C)c2c1CCC2.Cl. The van der Waals surface area contributed by atoms with Crippen molar-refractivity contribution in [3.63, 3.8) is 0 Å². The molecule has 1 aliphatic rings. The molecule has 1 aliphatic carbocycles. The number of hydrogen-bond donors (Lipinski definition) is 4. The summed E-state index contributed by atoms with van der Waals surface area (Å²) < 4.78 is 2.06. The highest BCUT2D eigenvalue weighted by Gasteiger charge is 2.24. The maximum Gasteiger partial charge on any atom is 0.228 e. The summed E-state index contributed by atoms with van der Waals surface area (Å²) in [6.45, 7) is 2.84. The molecule has 0 radical (unpaired) electrons. The largest absolute Gasteiger partial charge is 0.508 e. The van der Waals surface area contributed by atoms with Crippen molar-refractivity contribution in [1.29, 1.82) is 5.41 Å². The van der Waals surface area contributed by atoms with Gasteiger partial charge in [-0.3, -0.25) is 10.2 Å². The van der Waals surface area contributed by atoms with E-state index in [0.29, 0.717) is 16.8 Å². The molecule has 0 atom stereocenters. The number of nitrogen functional groups attached to an aromatic ring is 1. The quantitative estimate of drug-likeness (QED) is 0.304. The Labute approximate surface area is 205 Å². The lowest BCUT2D eigenvalue weighted by Crippen LogP contribution is -2.16. The van der Waals surface area contributed by atoms with Gasteiger partial charge in [-0.15, -0.1) is 12.4 Å². The van der Waals surface area contributed by atoms with Gasteiger partial charge in [-0.05, 0) is 87.8 Å². The van der Waals surface area contributed by atoms with E-state index in [2.05, 4.69) is 29.0 Å². The second-order valence-electron chi connectivity index (χ2n) is 8.86. The van der Waals surface area contributed by atoms with Crippen LogP contribution in [0.5, 0.6) is 5.75 Å². The third-order valence-electron chi connectivity index (χ3n) is 5.93. The summed E-state index contributed by atoms with van der Waals surface area (Å²) in [5, 5.41) is 25.4. The Morgan fingerprint density at radius 3 is 2.68 bits per heavy atom. The monoisotopic (exact) mass is 482 g/mol. The van der Waals surface area contributed by atoms with Crippen LogP contribution in [0.25, 0.3) is 5.69 Å². The molecule has 0 aliphatic heterocycles. The van der Waals surface area contributed by atoms with Crippen LogP contribution in [0.4, 0.5) is 5.69 Å². The van der Waals surface area contributed by atoms with E-state index in [0.717, 1.165) is 42.8 Å². The first-order valence-corrected chi connectivity index (χ1v) is 11.0. The van der Waals surface area contributed by atoms with Crippen LogP contribution in [0.15, 0.2) is 36.4 Å². The second-order valence-corrected chi connectivity index (χ2v) is 8.86. The summed E-state index contributed by atoms with van der Waals surface area (Å²) in [6.07, 6.45) is 3.23. The molecule has 1 aromatic heterocycles. The van der Waals surface area contributed by atoms with E-state index in [9.17, 15) is 9.90 Å². The van der Waals surface area contributed by atoms with Gasteiger partial charge in [0.1, 0.15) is 11.6 Å². The number of phenols is 1. The number of nitrogens with two attached hydrogens (primary N) is 1. The Hall–Kier alpha value is -3.36. The number of fused-ring (bicyclic) bond motifs is 1. The Morgan fingerprint density at radius 1 is 1.24 bits per heavy atom. The lowest BCUT2D eigenvalue weighted by atomic mass is 10.1. The van der Waals surface area contributed by atoms with E-state index in [-0.39, 0.29) is 36.3 Å². The van der Waals surface area contributed by atoms with Crippen LogP contribution in [0.1, 0.15) is 40.1 Å². The van der Waals surface area contributed by atoms with Crippen LogP contribution < -0.4 is 11.1 Å². The zero-order valence-electron chi connectivity index (χ0n) is 19.7. The lowest BCUT2D eigenvalue weighted by Gasteiger charge is -2.13. The minimum absolute atomic E-state index is 0. The van der Waals surface area contributed by atoms with Gasteiger partial charge >= 0.3 is 0 Å². The van der Waals surface area contributed by atoms with E-state index in [4.69, 9.17) is 16.2 Å². The van der Waals surface area contributed by atoms with Crippen LogP contribution in [-0.4, -0.2) is 45.6 Å². The van der Waals surface area contributed by atoms with Gasteiger partial charge in [-0.2, -0.15) is 5.10 Å². The molecule has 2 aromatic carbocycles. The molecule has 4 rings (SSSR count). The number of amides is 1. The number of nitrogens with zero attached hydrogens (tertiary/aromatic N) is 3. The Morgan fingerprint density at radius 2 is 2.00 bits per heavy atom. The minimum atomic E-state index is -0.258. The third-order valence-corrected chi connectivity index (χ3v) is 5.93. The molecule has 9 heteroatoms. The van der Waals surface area contributed by atoms with Crippen molar-refractivity contribution in [2.24, 2.45) is 5.73 Å². The number of carbonyl (C=O) groups is 1. The van der Waals surface area contributed by atoms with Gasteiger partial charge in [0, 0.05) is 29.1 Å². The number of aromatic nitrogens is 2. The molecule has 0 bridgehead atoms. The van der Waals surface area contributed by atoms with Crippen molar-refractivity contribution in [1.82, 2.24) is 14.7 Å². The standard InChI is InChI=1S/C25H30N6O2.ClH/c1-15-11-18(28-24(33)13-17-12-16(25(26)27)7-10-23(17)32)8-9-21(15)31-22-6-4-5-19(22)20(29-31)14-30(2)3;/h7-12,32H,4-6,13-14H2,1-3H3,(H3,26,27)(H,28,33);1H. The average molecular weight is 483 g/mol. The van der Waals surface area contributed by atoms with Gasteiger partial charge < -0.3 is 21.1 Å². The maximum atomic E-state index is 12.6. The Balaban J connectivity index is 0.00000324. The lowest BCUT2D eigenvalue weighted by molar-refractivity contribution is -0.115. The molecule has 34 heavy (non-hydrogen) atoms. The fraction of sp³-hybridized carbons (Fsp3) is 0.320. The molecule has 180 valence electrons. The van der Waals surface area contributed by atoms with Crippen LogP contribution >= 0.6 is 12.4 Å². The first-order chi connectivity index (χ1) is 15.7. The Kier molecular flexibility index (Phi) is 7.64. The maximum absolute atomic E-state index is 12.6. The highest BCUT2D eigenvalue weighted by Crippen LogP contribution is 2.30. The van der Waals surface area contributed by atoms with Crippen molar-refractivity contribution >= 4 is 29.8 Å². The molecule has 0 unspecified atom stereocenters. The number of benzene rings is 2. The third kappa shape index (κ3) is 5.24. The molecule has 8 nitrogen and oxygen atoms in total. The van der Waals surface area contributed by atoms with E-state index in [1.165, 1.54) is 17.3 Å². The molecule has 1 heterocycles. The van der Waals surface area contributed by atoms with Crippen molar-refractivity contribution in [2.45, 2.75) is 39.2 Å². The van der Waals surface area contributed by atoms with Gasteiger partial charge in [0.25, 0.3) is 0 Å². The van der Waals surface area contributed by atoms with Crippen LogP contribution in [0, 0.1) is 12.3 Å². The molecule has 5 N–H and O–H groups in total. The fourth-order valence-corrected chi connectivity index (χ4v) is 4.38. The summed E-state index contributed by atoms with van der Waals surface area (Å²) >= 11 is 0. The number of rotatable bonds is 7. The summed E-state index contributed by atoms with van der Waals surface area (Å²) in [6, 6.07) is 10.4. The molecule has 1 amide bonds. The topological polar surface area (TPSA) is 120 Å². The smallest absolute Gasteiger partial charge is 0.228 e. The van der Waals surface area contributed by atoms with Gasteiger partial charge in [-0.25, -0.2) is 4.68 Å². The number of amidine groups is 1. The van der Waals surface area contributed by atoms with Gasteiger partial charge in [0.2, 0.25) is 5.91 Å². The van der Waals surface area contributed by atoms with E-state index in [1.807, 2.05) is 25.1 Å².